The van der Waals surface area contributed by atoms with Crippen molar-refractivity contribution in [1.82, 2.24) is 0 Å². The summed E-state index contributed by atoms with van der Waals surface area (Å²) in [5.41, 5.74) is 0. The van der Waals surface area contributed by atoms with Crippen molar-refractivity contribution in [3.8, 4) is 0 Å². The van der Waals surface area contributed by atoms with Gasteiger partial charge in [-0.1, -0.05) is 37.4 Å². The highest BCUT2D eigenvalue weighted by Gasteiger charge is 2.23. The van der Waals surface area contributed by atoms with Crippen LogP contribution in [0.1, 0.15) is 0 Å². The predicted octanol–water partition coefficient (Wildman–Crippen LogP) is 7.48. The Morgan fingerprint density at radius 2 is 0.562 bits per heavy atom. The molecule has 0 radical (unpaired) electrons. The minimum Gasteiger partial charge on any atom is -0.0917 e. The average molecular weight is 400 g/mol. The molecule has 0 N–H and O–H groups in total. The van der Waals surface area contributed by atoms with Crippen LogP contribution in [0.4, 0.5) is 0 Å². The van der Waals surface area contributed by atoms with Gasteiger partial charge in [0.15, 0.2) is 0 Å². The van der Waals surface area contributed by atoms with E-state index in [9.17, 15) is 0 Å². The molecule has 0 amide bonds. The second-order valence-electron chi connectivity index (χ2n) is 9.61. The van der Waals surface area contributed by atoms with E-state index in [2.05, 4.69) is 86.0 Å². The molecule has 0 aliphatic heterocycles. The van der Waals surface area contributed by atoms with Gasteiger partial charge in [-0.3, -0.25) is 0 Å². The third kappa shape index (κ3) is 1.54. The molecule has 0 saturated heterocycles. The molecule has 9 aromatic rings. The van der Waals surface area contributed by atoms with Gasteiger partial charge < -0.3 is 0 Å². The maximum atomic E-state index is 4.26. The summed E-state index contributed by atoms with van der Waals surface area (Å²) in [5.74, 6) is 0. The first-order valence-corrected chi connectivity index (χ1v) is 11.1. The summed E-state index contributed by atoms with van der Waals surface area (Å²) < 4.78 is 0. The highest BCUT2D eigenvalue weighted by molar-refractivity contribution is 6.49. The van der Waals surface area contributed by atoms with Crippen molar-refractivity contribution in [2.45, 2.75) is 0 Å². The van der Waals surface area contributed by atoms with Crippen molar-refractivity contribution in [3.05, 3.63) is 83.2 Å². The summed E-state index contributed by atoms with van der Waals surface area (Å²) in [7, 11) is 0. The normalized spacial score (nSPS) is 13.2. The summed E-state index contributed by atoms with van der Waals surface area (Å²) in [4.78, 5) is 0. The van der Waals surface area contributed by atoms with Crippen LogP contribution in [-0.2, 0) is 0 Å². The van der Waals surface area contributed by atoms with Gasteiger partial charge in [-0.05, 0) is 145 Å². The zero-order valence-corrected chi connectivity index (χ0v) is 17.3. The molecule has 0 atom stereocenters. The van der Waals surface area contributed by atoms with E-state index in [4.69, 9.17) is 0 Å². The van der Waals surface area contributed by atoms with Gasteiger partial charge in [-0.2, -0.15) is 0 Å². The van der Waals surface area contributed by atoms with E-state index in [1.54, 1.807) is 0 Å². The third-order valence-corrected chi connectivity index (χ3v) is 7.80. The Hall–Kier alpha value is -4.16. The van der Waals surface area contributed by atoms with Gasteiger partial charge in [0.25, 0.3) is 0 Å². The van der Waals surface area contributed by atoms with E-state index in [0.717, 1.165) is 10.4 Å². The minimum atomic E-state index is 1.07. The van der Waals surface area contributed by atoms with Gasteiger partial charge in [-0.15, -0.1) is 0 Å². The van der Waals surface area contributed by atoms with Gasteiger partial charge in [0.2, 0.25) is 0 Å². The van der Waals surface area contributed by atoms with Crippen molar-refractivity contribution in [2.24, 2.45) is 0 Å². The predicted molar refractivity (Wildman–Crippen MR) is 142 cm³/mol. The van der Waals surface area contributed by atoms with Crippen molar-refractivity contribution >= 4 is 99.3 Å². The maximum Gasteiger partial charge on any atom is -0.000181 e. The SMILES string of the molecule is C=c1cc2cc3ccc4cc5cc(=C)cc6cc7ccc8cc(c1)c2c1c3c4c(c56)c7c81. The van der Waals surface area contributed by atoms with Crippen molar-refractivity contribution < 1.29 is 0 Å². The summed E-state index contributed by atoms with van der Waals surface area (Å²) in [6.07, 6.45) is 0. The van der Waals surface area contributed by atoms with Crippen LogP contribution in [0.3, 0.4) is 0 Å². The van der Waals surface area contributed by atoms with E-state index in [1.165, 1.54) is 86.2 Å². The molecule has 32 heavy (non-hydrogen) atoms. The van der Waals surface area contributed by atoms with Crippen LogP contribution < -0.4 is 10.4 Å². The molecule has 0 aliphatic rings. The summed E-state index contributed by atoms with van der Waals surface area (Å²) in [5, 5.41) is 23.8. The van der Waals surface area contributed by atoms with Crippen molar-refractivity contribution in [2.75, 3.05) is 0 Å². The van der Waals surface area contributed by atoms with Gasteiger partial charge >= 0.3 is 0 Å². The van der Waals surface area contributed by atoms with E-state index in [1.807, 2.05) is 0 Å². The van der Waals surface area contributed by atoms with Crippen LogP contribution in [-0.4, -0.2) is 0 Å². The van der Waals surface area contributed by atoms with Crippen LogP contribution in [0, 0.1) is 0 Å². The number of hydrogen-bond acceptors (Lipinski definition) is 0. The van der Waals surface area contributed by atoms with Crippen molar-refractivity contribution in [3.63, 3.8) is 0 Å². The zero-order chi connectivity index (χ0) is 20.9. The van der Waals surface area contributed by atoms with Gasteiger partial charge in [0.05, 0.1) is 0 Å². The lowest BCUT2D eigenvalue weighted by Crippen LogP contribution is -2.01. The monoisotopic (exact) mass is 400 g/mol. The second kappa shape index (κ2) is 4.69. The highest BCUT2D eigenvalue weighted by Crippen LogP contribution is 2.51. The van der Waals surface area contributed by atoms with Crippen LogP contribution >= 0.6 is 0 Å². The van der Waals surface area contributed by atoms with E-state index >= 15 is 0 Å². The lowest BCUT2D eigenvalue weighted by Gasteiger charge is -2.23. The van der Waals surface area contributed by atoms with Gasteiger partial charge in [0, 0.05) is 0 Å². The van der Waals surface area contributed by atoms with E-state index < -0.39 is 0 Å². The third-order valence-electron chi connectivity index (χ3n) is 7.80. The van der Waals surface area contributed by atoms with Crippen molar-refractivity contribution in [1.29, 1.82) is 0 Å². The Labute approximate surface area is 182 Å². The molecule has 0 nitrogen and oxygen atoms in total. The summed E-state index contributed by atoms with van der Waals surface area (Å²) in [6.45, 7) is 8.52. The van der Waals surface area contributed by atoms with E-state index in [0.29, 0.717) is 0 Å². The number of benzene rings is 9. The minimum absolute atomic E-state index is 1.07. The molecule has 0 heteroatoms. The average Bonchev–Trinajstić information content (AvgIpc) is 2.77. The second-order valence-corrected chi connectivity index (χ2v) is 9.61. The molecular formula is C32H16. The van der Waals surface area contributed by atoms with Crippen LogP contribution in [0.5, 0.6) is 0 Å². The number of hydrogen-bond donors (Lipinski definition) is 0. The first kappa shape index (κ1) is 15.6. The molecule has 0 aliphatic carbocycles. The Balaban J connectivity index is 1.83. The molecule has 0 aromatic heterocycles. The fourth-order valence-corrected chi connectivity index (χ4v) is 6.79. The molecule has 0 heterocycles. The number of rotatable bonds is 0. The molecule has 144 valence electrons. The Kier molecular flexibility index (Phi) is 2.29. The Bertz CT molecular complexity index is 2000. The topological polar surface area (TPSA) is 0 Å². The molecule has 0 saturated carbocycles. The van der Waals surface area contributed by atoms with Gasteiger partial charge in [-0.25, -0.2) is 0 Å². The fourth-order valence-electron chi connectivity index (χ4n) is 6.79. The molecule has 0 bridgehead atoms. The lowest BCUT2D eigenvalue weighted by molar-refractivity contribution is 1.73. The Morgan fingerprint density at radius 1 is 0.281 bits per heavy atom. The molecule has 9 rings (SSSR count). The molecule has 0 unspecified atom stereocenters. The largest absolute Gasteiger partial charge is 0.0917 e. The van der Waals surface area contributed by atoms with Crippen LogP contribution in [0.25, 0.3) is 99.3 Å². The first-order chi connectivity index (χ1) is 15.7. The maximum absolute atomic E-state index is 4.26. The standard InChI is InChI=1S/C32H16/c1-15-7-21-11-17-3-5-19-13-23-9-16(2)10-24-14-20-6-4-18-12-22(8-15)25(21)31-27(17)29(19)32(26(23)24)30(20)28(18)31/h3-14H,1-2H2. The van der Waals surface area contributed by atoms with Crippen LogP contribution in [0.15, 0.2) is 72.8 Å². The molecule has 0 fully saturated rings. The summed E-state index contributed by atoms with van der Waals surface area (Å²) in [6, 6.07) is 27.6. The molecular weight excluding hydrogens is 384 g/mol. The summed E-state index contributed by atoms with van der Waals surface area (Å²) >= 11 is 0. The first-order valence-electron chi connectivity index (χ1n) is 11.1. The van der Waals surface area contributed by atoms with E-state index in [-0.39, 0.29) is 0 Å². The zero-order valence-electron chi connectivity index (χ0n) is 17.3. The Morgan fingerprint density at radius 3 is 0.844 bits per heavy atom. The smallest absolute Gasteiger partial charge is 0.000181 e. The molecule has 0 spiro atoms. The van der Waals surface area contributed by atoms with Crippen LogP contribution in [0.2, 0.25) is 0 Å². The highest BCUT2D eigenvalue weighted by atomic mass is 14.3. The quantitative estimate of drug-likeness (QED) is 0.183. The fraction of sp³-hybridized carbons (Fsp3) is 0. The molecule has 9 aromatic carbocycles. The van der Waals surface area contributed by atoms with Gasteiger partial charge in [0.1, 0.15) is 0 Å². The lowest BCUT2D eigenvalue weighted by atomic mass is 9.79.